The normalized spacial score (nSPS) is 12.1. The van der Waals surface area contributed by atoms with Crippen LogP contribution in [0.5, 0.6) is 0 Å². The van der Waals surface area contributed by atoms with Gasteiger partial charge in [0.2, 0.25) is 0 Å². The van der Waals surface area contributed by atoms with E-state index in [9.17, 15) is 18.0 Å². The molecule has 2 aromatic rings. The van der Waals surface area contributed by atoms with Gasteiger partial charge in [-0.3, -0.25) is 0 Å². The third-order valence-corrected chi connectivity index (χ3v) is 5.06. The molecule has 0 saturated carbocycles. The summed E-state index contributed by atoms with van der Waals surface area (Å²) >= 11 is 0. The summed E-state index contributed by atoms with van der Waals surface area (Å²) in [5, 5.41) is 2.38. The third kappa shape index (κ3) is 6.10. The maximum atomic E-state index is 12.3. The second-order valence-electron chi connectivity index (χ2n) is 5.89. The van der Waals surface area contributed by atoms with Gasteiger partial charge in [-0.1, -0.05) is 48.0 Å². The molecule has 2 N–H and O–H groups in total. The number of urea groups is 1. The summed E-state index contributed by atoms with van der Waals surface area (Å²) in [6.07, 6.45) is 0.178. The van der Waals surface area contributed by atoms with E-state index in [1.165, 1.54) is 12.1 Å². The van der Waals surface area contributed by atoms with Crippen molar-refractivity contribution in [3.8, 4) is 0 Å². The van der Waals surface area contributed by atoms with E-state index in [1.807, 2.05) is 17.7 Å². The lowest BCUT2D eigenvalue weighted by molar-refractivity contribution is -0.145. The smallest absolute Gasteiger partial charge is 0.329 e. The van der Waals surface area contributed by atoms with E-state index in [-0.39, 0.29) is 17.9 Å². The van der Waals surface area contributed by atoms with Crippen LogP contribution in [0.1, 0.15) is 18.1 Å². The number of hydrogen-bond acceptors (Lipinski definition) is 5. The van der Waals surface area contributed by atoms with Crippen molar-refractivity contribution in [1.82, 2.24) is 10.0 Å². The number of carbonyl (C=O) groups excluding carboxylic acids is 2. The Labute approximate surface area is 158 Å². The number of rotatable bonds is 7. The fourth-order valence-corrected chi connectivity index (χ4v) is 3.29. The summed E-state index contributed by atoms with van der Waals surface area (Å²) in [6.45, 7) is 3.62. The predicted octanol–water partition coefficient (Wildman–Crippen LogP) is 2.16. The average Bonchev–Trinajstić information content (AvgIpc) is 2.62. The van der Waals surface area contributed by atoms with Crippen LogP contribution in [0.3, 0.4) is 0 Å². The van der Waals surface area contributed by atoms with Crippen LogP contribution in [0.2, 0.25) is 0 Å². The van der Waals surface area contributed by atoms with Crippen LogP contribution in [0.15, 0.2) is 59.5 Å². The lowest BCUT2D eigenvalue weighted by Gasteiger charge is -2.18. The number of esters is 1. The number of sulfonamides is 1. The van der Waals surface area contributed by atoms with Crippen LogP contribution in [-0.4, -0.2) is 33.1 Å². The van der Waals surface area contributed by atoms with Gasteiger partial charge in [0.25, 0.3) is 10.0 Å². The monoisotopic (exact) mass is 390 g/mol. The van der Waals surface area contributed by atoms with E-state index < -0.39 is 28.1 Å². The Bertz CT molecular complexity index is 880. The lowest BCUT2D eigenvalue weighted by Crippen LogP contribution is -2.49. The van der Waals surface area contributed by atoms with Crippen molar-refractivity contribution in [1.29, 1.82) is 0 Å². The number of amides is 2. The Morgan fingerprint density at radius 1 is 1.04 bits per heavy atom. The second kappa shape index (κ2) is 9.18. The fourth-order valence-electron chi connectivity index (χ4n) is 2.37. The van der Waals surface area contributed by atoms with E-state index in [0.717, 1.165) is 11.1 Å². The first-order valence-corrected chi connectivity index (χ1v) is 9.90. The molecular formula is C19H22N2O5S. The Balaban J connectivity index is 2.10. The Kier molecular flexibility index (Phi) is 6.95. The number of hydrogen-bond donors (Lipinski definition) is 2. The SMILES string of the molecule is CCOC(=O)C(Cc1ccccc1)NC(=O)NS(=O)(=O)c1ccc(C)cc1. The van der Waals surface area contributed by atoms with Crippen molar-refractivity contribution < 1.29 is 22.7 Å². The van der Waals surface area contributed by atoms with Gasteiger partial charge in [-0.15, -0.1) is 0 Å². The lowest BCUT2D eigenvalue weighted by atomic mass is 10.1. The van der Waals surface area contributed by atoms with Crippen molar-refractivity contribution >= 4 is 22.0 Å². The standard InChI is InChI=1S/C19H22N2O5S/c1-3-26-18(22)17(13-15-7-5-4-6-8-15)20-19(23)21-27(24,25)16-11-9-14(2)10-12-16/h4-12,17H,3,13H2,1-2H3,(H2,20,21,23). The van der Waals surface area contributed by atoms with Gasteiger partial charge in [-0.25, -0.2) is 22.7 Å². The van der Waals surface area contributed by atoms with Crippen LogP contribution in [0.25, 0.3) is 0 Å². The van der Waals surface area contributed by atoms with Gasteiger partial charge in [0.15, 0.2) is 0 Å². The summed E-state index contributed by atoms with van der Waals surface area (Å²) in [5.74, 6) is -0.635. The highest BCUT2D eigenvalue weighted by Gasteiger charge is 2.25. The van der Waals surface area contributed by atoms with Gasteiger partial charge in [-0.2, -0.15) is 0 Å². The van der Waals surface area contributed by atoms with E-state index in [2.05, 4.69) is 5.32 Å². The molecule has 0 aromatic heterocycles. The Hall–Kier alpha value is -2.87. The quantitative estimate of drug-likeness (QED) is 0.706. The summed E-state index contributed by atoms with van der Waals surface area (Å²) < 4.78 is 31.5. The summed E-state index contributed by atoms with van der Waals surface area (Å²) in [7, 11) is -4.05. The first-order chi connectivity index (χ1) is 12.8. The first-order valence-electron chi connectivity index (χ1n) is 8.42. The molecular weight excluding hydrogens is 368 g/mol. The van der Waals surface area contributed by atoms with Gasteiger partial charge in [0.05, 0.1) is 11.5 Å². The number of aryl methyl sites for hydroxylation is 1. The summed E-state index contributed by atoms with van der Waals surface area (Å²) in [5.41, 5.74) is 1.70. The number of benzene rings is 2. The molecule has 144 valence electrons. The molecule has 1 unspecified atom stereocenters. The molecule has 0 fully saturated rings. The molecule has 0 aliphatic carbocycles. The fraction of sp³-hybridized carbons (Fsp3) is 0.263. The Morgan fingerprint density at radius 3 is 2.26 bits per heavy atom. The van der Waals surface area contributed by atoms with Gasteiger partial charge in [0, 0.05) is 6.42 Å². The zero-order chi connectivity index (χ0) is 19.9. The zero-order valence-corrected chi connectivity index (χ0v) is 16.0. The minimum absolute atomic E-state index is 0.0426. The molecule has 2 rings (SSSR count). The van der Waals surface area contributed by atoms with E-state index in [4.69, 9.17) is 4.74 Å². The van der Waals surface area contributed by atoms with Crippen LogP contribution in [0.4, 0.5) is 4.79 Å². The van der Waals surface area contributed by atoms with Crippen molar-refractivity contribution in [3.05, 3.63) is 65.7 Å². The molecule has 0 heterocycles. The molecule has 7 nitrogen and oxygen atoms in total. The molecule has 2 amide bonds. The molecule has 0 aliphatic rings. The van der Waals surface area contributed by atoms with Crippen molar-refractivity contribution in [2.45, 2.75) is 31.2 Å². The third-order valence-electron chi connectivity index (χ3n) is 3.72. The molecule has 0 spiro atoms. The van der Waals surface area contributed by atoms with E-state index >= 15 is 0 Å². The Morgan fingerprint density at radius 2 is 1.67 bits per heavy atom. The van der Waals surface area contributed by atoms with Crippen LogP contribution in [0, 0.1) is 6.92 Å². The molecule has 0 saturated heterocycles. The maximum Gasteiger partial charge on any atom is 0.329 e. The van der Waals surface area contributed by atoms with Gasteiger partial charge >= 0.3 is 12.0 Å². The predicted molar refractivity (Wildman–Crippen MR) is 101 cm³/mol. The average molecular weight is 390 g/mol. The van der Waals surface area contributed by atoms with Crippen LogP contribution in [-0.2, 0) is 26.0 Å². The molecule has 1 atom stereocenters. The maximum absolute atomic E-state index is 12.3. The molecule has 0 radical (unpaired) electrons. The van der Waals surface area contributed by atoms with E-state index in [0.29, 0.717) is 0 Å². The summed E-state index contributed by atoms with van der Waals surface area (Å²) in [4.78, 5) is 24.3. The van der Waals surface area contributed by atoms with Crippen molar-refractivity contribution in [2.24, 2.45) is 0 Å². The largest absolute Gasteiger partial charge is 0.464 e. The number of nitrogens with one attached hydrogen (secondary N) is 2. The van der Waals surface area contributed by atoms with Gasteiger partial charge < -0.3 is 10.1 Å². The highest BCUT2D eigenvalue weighted by atomic mass is 32.2. The van der Waals surface area contributed by atoms with Crippen molar-refractivity contribution in [3.63, 3.8) is 0 Å². The van der Waals surface area contributed by atoms with Crippen molar-refractivity contribution in [2.75, 3.05) is 6.61 Å². The molecule has 0 aliphatic heterocycles. The molecule has 0 bridgehead atoms. The molecule has 27 heavy (non-hydrogen) atoms. The second-order valence-corrected chi connectivity index (χ2v) is 7.57. The minimum Gasteiger partial charge on any atom is -0.464 e. The highest BCUT2D eigenvalue weighted by Crippen LogP contribution is 2.10. The van der Waals surface area contributed by atoms with Crippen LogP contribution >= 0.6 is 0 Å². The number of carbonyl (C=O) groups is 2. The molecule has 8 heteroatoms. The number of ether oxygens (including phenoxy) is 1. The minimum atomic E-state index is -4.05. The molecule has 2 aromatic carbocycles. The zero-order valence-electron chi connectivity index (χ0n) is 15.1. The topological polar surface area (TPSA) is 102 Å². The van der Waals surface area contributed by atoms with Gasteiger partial charge in [0.1, 0.15) is 6.04 Å². The van der Waals surface area contributed by atoms with E-state index in [1.54, 1.807) is 43.3 Å². The summed E-state index contributed by atoms with van der Waals surface area (Å²) in [6, 6.07) is 13.1. The highest BCUT2D eigenvalue weighted by molar-refractivity contribution is 7.90. The van der Waals surface area contributed by atoms with Gasteiger partial charge in [-0.05, 0) is 31.5 Å². The first kappa shape index (κ1) is 20.4. The van der Waals surface area contributed by atoms with Crippen LogP contribution < -0.4 is 10.0 Å².